The SMILES string of the molecule is CNCC1CCN(C(=O)c2cnn(-c3ccc(C)cc3)c2C(F)(F)F)C1. The summed E-state index contributed by atoms with van der Waals surface area (Å²) in [6, 6.07) is 6.54. The molecule has 8 heteroatoms. The van der Waals surface area contributed by atoms with Crippen molar-refractivity contribution in [2.24, 2.45) is 5.92 Å². The number of aryl methyl sites for hydroxylation is 1. The molecule has 0 radical (unpaired) electrons. The van der Waals surface area contributed by atoms with Crippen molar-refractivity contribution < 1.29 is 18.0 Å². The second-order valence-corrected chi connectivity index (χ2v) is 6.62. The van der Waals surface area contributed by atoms with Gasteiger partial charge in [-0.2, -0.15) is 18.3 Å². The molecule has 1 aliphatic rings. The molecule has 1 aromatic carbocycles. The third kappa shape index (κ3) is 3.60. The predicted molar refractivity (Wildman–Crippen MR) is 91.2 cm³/mol. The molecule has 0 spiro atoms. The molecule has 1 fully saturated rings. The lowest BCUT2D eigenvalue weighted by Crippen LogP contribution is -2.32. The third-order valence-electron chi connectivity index (χ3n) is 4.61. The number of halogens is 3. The van der Waals surface area contributed by atoms with Crippen LogP contribution < -0.4 is 5.32 Å². The summed E-state index contributed by atoms with van der Waals surface area (Å²) in [5.74, 6) is -0.361. The molecular formula is C18H21F3N4O. The summed E-state index contributed by atoms with van der Waals surface area (Å²) in [5.41, 5.74) is -0.221. The maximum absolute atomic E-state index is 13.7. The van der Waals surface area contributed by atoms with Crippen molar-refractivity contribution in [3.8, 4) is 5.69 Å². The maximum Gasteiger partial charge on any atom is 0.434 e. The summed E-state index contributed by atoms with van der Waals surface area (Å²) in [4.78, 5) is 14.2. The standard InChI is InChI=1S/C18H21F3N4O/c1-12-3-5-14(6-4-12)25-16(18(19,20)21)15(10-23-25)17(26)24-8-7-13(11-24)9-22-2/h3-6,10,13,22H,7-9,11H2,1-2H3. The van der Waals surface area contributed by atoms with Crippen molar-refractivity contribution in [3.05, 3.63) is 47.3 Å². The van der Waals surface area contributed by atoms with Gasteiger partial charge >= 0.3 is 6.18 Å². The normalized spacial score (nSPS) is 17.7. The van der Waals surface area contributed by atoms with Crippen LogP contribution in [0.3, 0.4) is 0 Å². The number of likely N-dealkylation sites (tertiary alicyclic amines) is 1. The van der Waals surface area contributed by atoms with E-state index in [9.17, 15) is 18.0 Å². The Hall–Kier alpha value is -2.35. The van der Waals surface area contributed by atoms with Crippen LogP contribution in [0.15, 0.2) is 30.5 Å². The lowest BCUT2D eigenvalue weighted by molar-refractivity contribution is -0.143. The predicted octanol–water partition coefficient (Wildman–Crippen LogP) is 2.88. The number of alkyl halides is 3. The van der Waals surface area contributed by atoms with Gasteiger partial charge in [0.15, 0.2) is 5.69 Å². The first-order valence-electron chi connectivity index (χ1n) is 8.47. The molecule has 5 nitrogen and oxygen atoms in total. The van der Waals surface area contributed by atoms with Crippen LogP contribution in [0.2, 0.25) is 0 Å². The Morgan fingerprint density at radius 3 is 2.62 bits per heavy atom. The summed E-state index contributed by atoms with van der Waals surface area (Å²) >= 11 is 0. The Bertz CT molecular complexity index is 783. The molecule has 0 bridgehead atoms. The molecule has 1 atom stereocenters. The number of amides is 1. The molecule has 1 aromatic heterocycles. The smallest absolute Gasteiger partial charge is 0.338 e. The van der Waals surface area contributed by atoms with Gasteiger partial charge < -0.3 is 10.2 Å². The number of rotatable bonds is 4. The van der Waals surface area contributed by atoms with Gasteiger partial charge in [-0.3, -0.25) is 4.79 Å². The summed E-state index contributed by atoms with van der Waals surface area (Å²) < 4.78 is 41.9. The molecule has 1 amide bonds. The molecule has 0 saturated carbocycles. The highest BCUT2D eigenvalue weighted by Crippen LogP contribution is 2.34. The van der Waals surface area contributed by atoms with E-state index in [1.54, 1.807) is 24.3 Å². The van der Waals surface area contributed by atoms with Crippen molar-refractivity contribution >= 4 is 5.91 Å². The molecule has 1 aliphatic heterocycles. The maximum atomic E-state index is 13.7. The topological polar surface area (TPSA) is 50.2 Å². The Balaban J connectivity index is 1.95. The van der Waals surface area contributed by atoms with Crippen LogP contribution in [0, 0.1) is 12.8 Å². The first-order chi connectivity index (χ1) is 12.3. The molecule has 2 aromatic rings. The number of hydrogen-bond acceptors (Lipinski definition) is 3. The van der Waals surface area contributed by atoms with E-state index in [0.717, 1.165) is 29.4 Å². The van der Waals surface area contributed by atoms with Crippen LogP contribution in [0.5, 0.6) is 0 Å². The van der Waals surface area contributed by atoms with E-state index < -0.39 is 23.3 Å². The molecule has 3 rings (SSSR count). The summed E-state index contributed by atoms with van der Waals surface area (Å²) in [6.07, 6.45) is -2.88. The van der Waals surface area contributed by atoms with Gasteiger partial charge in [0.05, 0.1) is 17.4 Å². The van der Waals surface area contributed by atoms with E-state index in [1.807, 2.05) is 14.0 Å². The average molecular weight is 366 g/mol. The summed E-state index contributed by atoms with van der Waals surface area (Å²) in [6.45, 7) is 3.49. The minimum absolute atomic E-state index is 0.255. The zero-order chi connectivity index (χ0) is 18.9. The van der Waals surface area contributed by atoms with Crippen molar-refractivity contribution in [1.29, 1.82) is 0 Å². The number of hydrogen-bond donors (Lipinski definition) is 1. The van der Waals surface area contributed by atoms with Crippen molar-refractivity contribution in [2.45, 2.75) is 19.5 Å². The first kappa shape index (κ1) is 18.4. The van der Waals surface area contributed by atoms with E-state index >= 15 is 0 Å². The molecule has 1 N–H and O–H groups in total. The molecule has 2 heterocycles. The fourth-order valence-corrected chi connectivity index (χ4v) is 3.30. The van der Waals surface area contributed by atoms with E-state index in [1.165, 1.54) is 4.90 Å². The minimum Gasteiger partial charge on any atom is -0.338 e. The monoisotopic (exact) mass is 366 g/mol. The second-order valence-electron chi connectivity index (χ2n) is 6.62. The van der Waals surface area contributed by atoms with Crippen LogP contribution in [0.25, 0.3) is 5.69 Å². The molecular weight excluding hydrogens is 345 g/mol. The van der Waals surface area contributed by atoms with Gasteiger partial charge in [-0.15, -0.1) is 0 Å². The molecule has 1 saturated heterocycles. The number of nitrogens with zero attached hydrogens (tertiary/aromatic N) is 3. The van der Waals surface area contributed by atoms with Crippen molar-refractivity contribution in [2.75, 3.05) is 26.7 Å². The Morgan fingerprint density at radius 1 is 1.31 bits per heavy atom. The Labute approximate surface area is 149 Å². The minimum atomic E-state index is -4.68. The summed E-state index contributed by atoms with van der Waals surface area (Å²) in [5, 5.41) is 6.91. The highest BCUT2D eigenvalue weighted by atomic mass is 19.4. The van der Waals surface area contributed by atoms with E-state index in [2.05, 4.69) is 10.4 Å². The Morgan fingerprint density at radius 2 is 2.00 bits per heavy atom. The number of carbonyl (C=O) groups excluding carboxylic acids is 1. The van der Waals surface area contributed by atoms with Gasteiger partial charge in [-0.05, 0) is 45.0 Å². The van der Waals surface area contributed by atoms with Gasteiger partial charge in [0, 0.05) is 13.1 Å². The fraction of sp³-hybridized carbons (Fsp3) is 0.444. The fourth-order valence-electron chi connectivity index (χ4n) is 3.30. The molecule has 26 heavy (non-hydrogen) atoms. The molecule has 140 valence electrons. The number of aromatic nitrogens is 2. The molecule has 1 unspecified atom stereocenters. The number of nitrogens with one attached hydrogen (secondary N) is 1. The quantitative estimate of drug-likeness (QED) is 0.905. The van der Waals surface area contributed by atoms with Gasteiger partial charge in [0.25, 0.3) is 5.91 Å². The van der Waals surface area contributed by atoms with Crippen LogP contribution in [-0.4, -0.2) is 47.3 Å². The average Bonchev–Trinajstić information content (AvgIpc) is 3.22. The Kier molecular flexibility index (Phi) is 5.04. The lowest BCUT2D eigenvalue weighted by atomic mass is 10.1. The summed E-state index contributed by atoms with van der Waals surface area (Å²) in [7, 11) is 1.82. The van der Waals surface area contributed by atoms with E-state index in [-0.39, 0.29) is 11.6 Å². The largest absolute Gasteiger partial charge is 0.434 e. The zero-order valence-corrected chi connectivity index (χ0v) is 14.7. The van der Waals surface area contributed by atoms with E-state index in [4.69, 9.17) is 0 Å². The first-order valence-corrected chi connectivity index (χ1v) is 8.47. The highest BCUT2D eigenvalue weighted by Gasteiger charge is 2.42. The third-order valence-corrected chi connectivity index (χ3v) is 4.61. The van der Waals surface area contributed by atoms with Crippen LogP contribution >= 0.6 is 0 Å². The number of benzene rings is 1. The lowest BCUT2D eigenvalue weighted by Gasteiger charge is -2.18. The van der Waals surface area contributed by atoms with Gasteiger partial charge in [-0.1, -0.05) is 17.7 Å². The molecule has 0 aliphatic carbocycles. The van der Waals surface area contributed by atoms with Crippen LogP contribution in [0.4, 0.5) is 13.2 Å². The van der Waals surface area contributed by atoms with Crippen LogP contribution in [-0.2, 0) is 6.18 Å². The van der Waals surface area contributed by atoms with Gasteiger partial charge in [0.2, 0.25) is 0 Å². The number of carbonyl (C=O) groups is 1. The van der Waals surface area contributed by atoms with Gasteiger partial charge in [-0.25, -0.2) is 4.68 Å². The highest BCUT2D eigenvalue weighted by molar-refractivity contribution is 5.95. The second kappa shape index (κ2) is 7.11. The van der Waals surface area contributed by atoms with Crippen LogP contribution in [0.1, 0.15) is 28.0 Å². The van der Waals surface area contributed by atoms with E-state index in [0.29, 0.717) is 13.1 Å². The van der Waals surface area contributed by atoms with Crippen molar-refractivity contribution in [1.82, 2.24) is 20.0 Å². The zero-order valence-electron chi connectivity index (χ0n) is 14.7. The van der Waals surface area contributed by atoms with Gasteiger partial charge in [0.1, 0.15) is 0 Å². The van der Waals surface area contributed by atoms with Crippen molar-refractivity contribution in [3.63, 3.8) is 0 Å².